The van der Waals surface area contributed by atoms with Crippen LogP contribution < -0.4 is 19.5 Å². The summed E-state index contributed by atoms with van der Waals surface area (Å²) < 4.78 is 18.8. The average Bonchev–Trinajstić information content (AvgIpc) is 3.06. The Hall–Kier alpha value is -3.20. The van der Waals surface area contributed by atoms with Gasteiger partial charge in [-0.25, -0.2) is 0 Å². The summed E-state index contributed by atoms with van der Waals surface area (Å²) in [7, 11) is 1.61. The van der Waals surface area contributed by atoms with E-state index in [0.29, 0.717) is 19.6 Å². The molecule has 0 unspecified atom stereocenters. The van der Waals surface area contributed by atoms with Gasteiger partial charge in [-0.15, -0.1) is 10.2 Å². The predicted octanol–water partition coefficient (Wildman–Crippen LogP) is 4.35. The molecule has 9 heteroatoms. The summed E-state index contributed by atoms with van der Waals surface area (Å²) in [6.45, 7) is 5.49. The largest absolute Gasteiger partial charge is 0.497 e. The van der Waals surface area contributed by atoms with Crippen LogP contribution in [0.3, 0.4) is 0 Å². The average molecular weight is 469 g/mol. The molecule has 174 valence electrons. The molecular formula is C24H28N4O4S. The van der Waals surface area contributed by atoms with Gasteiger partial charge in [-0.3, -0.25) is 4.79 Å². The Morgan fingerprint density at radius 3 is 2.61 bits per heavy atom. The van der Waals surface area contributed by atoms with E-state index in [-0.39, 0.29) is 17.7 Å². The van der Waals surface area contributed by atoms with Gasteiger partial charge in [0.2, 0.25) is 5.91 Å². The minimum Gasteiger partial charge on any atom is -0.497 e. The van der Waals surface area contributed by atoms with Crippen molar-refractivity contribution in [1.29, 1.82) is 0 Å². The van der Waals surface area contributed by atoms with Gasteiger partial charge in [0.1, 0.15) is 11.6 Å². The van der Waals surface area contributed by atoms with Crippen molar-refractivity contribution < 1.29 is 19.0 Å². The maximum atomic E-state index is 12.4. The van der Waals surface area contributed by atoms with Crippen LogP contribution in [0.15, 0.2) is 47.6 Å². The summed E-state index contributed by atoms with van der Waals surface area (Å²) in [4.78, 5) is 12.4. The Balaban J connectivity index is 1.42. The van der Waals surface area contributed by atoms with Gasteiger partial charge in [0.05, 0.1) is 26.1 Å². The number of hydrogen-bond donors (Lipinski definition) is 1. The molecule has 3 aromatic rings. The van der Waals surface area contributed by atoms with Crippen molar-refractivity contribution in [2.45, 2.75) is 37.9 Å². The monoisotopic (exact) mass is 468 g/mol. The number of ether oxygens (including phenoxy) is 3. The highest BCUT2D eigenvalue weighted by Crippen LogP contribution is 2.31. The Morgan fingerprint density at radius 2 is 1.88 bits per heavy atom. The Bertz CT molecular complexity index is 1100. The quantitative estimate of drug-likeness (QED) is 0.492. The molecule has 1 aliphatic heterocycles. The van der Waals surface area contributed by atoms with Crippen molar-refractivity contribution in [2.24, 2.45) is 0 Å². The van der Waals surface area contributed by atoms with E-state index in [0.717, 1.165) is 45.9 Å². The molecule has 1 amide bonds. The molecular weight excluding hydrogens is 440 g/mol. The van der Waals surface area contributed by atoms with E-state index in [1.807, 2.05) is 42.5 Å². The Labute approximate surface area is 197 Å². The third-order valence-electron chi connectivity index (χ3n) is 5.13. The maximum absolute atomic E-state index is 12.4. The number of carbonyl (C=O) groups is 1. The van der Waals surface area contributed by atoms with E-state index < -0.39 is 0 Å². The van der Waals surface area contributed by atoms with Crippen molar-refractivity contribution in [3.63, 3.8) is 0 Å². The van der Waals surface area contributed by atoms with Gasteiger partial charge in [-0.2, -0.15) is 0 Å². The van der Waals surface area contributed by atoms with Crippen LogP contribution in [0, 0.1) is 0 Å². The van der Waals surface area contributed by atoms with Crippen LogP contribution >= 0.6 is 11.8 Å². The highest BCUT2D eigenvalue weighted by atomic mass is 32.2. The van der Waals surface area contributed by atoms with E-state index in [4.69, 9.17) is 14.2 Å². The lowest BCUT2D eigenvalue weighted by Gasteiger charge is -2.14. The van der Waals surface area contributed by atoms with E-state index in [1.54, 1.807) is 7.11 Å². The summed E-state index contributed by atoms with van der Waals surface area (Å²) >= 11 is 1.38. The highest BCUT2D eigenvalue weighted by molar-refractivity contribution is 7.99. The molecule has 1 aliphatic rings. The number of anilines is 1. The summed E-state index contributed by atoms with van der Waals surface area (Å²) in [6, 6.07) is 13.4. The van der Waals surface area contributed by atoms with Crippen LogP contribution in [0.5, 0.6) is 17.2 Å². The van der Waals surface area contributed by atoms with Gasteiger partial charge in [0.25, 0.3) is 0 Å². The molecule has 0 bridgehead atoms. The highest BCUT2D eigenvalue weighted by Gasteiger charge is 2.18. The fourth-order valence-corrected chi connectivity index (χ4v) is 4.43. The summed E-state index contributed by atoms with van der Waals surface area (Å²) in [5.74, 6) is 3.27. The standard InChI is InChI=1S/C24H28N4O4S/c1-16(2)28-22(14-17-5-10-20-21(13-17)32-12-4-11-31-20)26-27-24(28)33-15-23(29)25-18-6-8-19(30-3)9-7-18/h5-10,13,16H,4,11-12,14-15H2,1-3H3,(H,25,29). The van der Waals surface area contributed by atoms with Crippen LogP contribution in [-0.4, -0.2) is 46.7 Å². The first-order valence-corrected chi connectivity index (χ1v) is 11.9. The SMILES string of the molecule is COc1ccc(NC(=O)CSc2nnc(Cc3ccc4c(c3)OCCCO4)n2C(C)C)cc1. The molecule has 2 aromatic carbocycles. The molecule has 4 rings (SSSR count). The third-order valence-corrected chi connectivity index (χ3v) is 6.07. The molecule has 0 saturated carbocycles. The van der Waals surface area contributed by atoms with Gasteiger partial charge in [-0.1, -0.05) is 17.8 Å². The van der Waals surface area contributed by atoms with Crippen LogP contribution in [0.25, 0.3) is 0 Å². The fraction of sp³-hybridized carbons (Fsp3) is 0.375. The number of thioether (sulfide) groups is 1. The molecule has 8 nitrogen and oxygen atoms in total. The van der Waals surface area contributed by atoms with Gasteiger partial charge in [0.15, 0.2) is 16.7 Å². The first kappa shape index (κ1) is 23.0. The van der Waals surface area contributed by atoms with Gasteiger partial charge < -0.3 is 24.1 Å². The molecule has 33 heavy (non-hydrogen) atoms. The lowest BCUT2D eigenvalue weighted by molar-refractivity contribution is -0.113. The van der Waals surface area contributed by atoms with E-state index in [9.17, 15) is 4.79 Å². The van der Waals surface area contributed by atoms with Crippen molar-refractivity contribution >= 4 is 23.4 Å². The van der Waals surface area contributed by atoms with Gasteiger partial charge in [0, 0.05) is 24.6 Å². The molecule has 0 spiro atoms. The maximum Gasteiger partial charge on any atom is 0.234 e. The molecule has 0 aliphatic carbocycles. The van der Waals surface area contributed by atoms with Crippen molar-refractivity contribution in [1.82, 2.24) is 14.8 Å². The van der Waals surface area contributed by atoms with E-state index in [1.165, 1.54) is 11.8 Å². The first-order valence-electron chi connectivity index (χ1n) is 10.9. The lowest BCUT2D eigenvalue weighted by atomic mass is 10.1. The number of carbonyl (C=O) groups excluding carboxylic acids is 1. The zero-order valence-corrected chi connectivity index (χ0v) is 19.9. The van der Waals surface area contributed by atoms with Crippen LogP contribution in [0.2, 0.25) is 0 Å². The van der Waals surface area contributed by atoms with Crippen LogP contribution in [0.1, 0.15) is 37.7 Å². The molecule has 0 fully saturated rings. The number of hydrogen-bond acceptors (Lipinski definition) is 7. The number of aromatic nitrogens is 3. The van der Waals surface area contributed by atoms with Gasteiger partial charge >= 0.3 is 0 Å². The first-order chi connectivity index (χ1) is 16.0. The van der Waals surface area contributed by atoms with Crippen molar-refractivity contribution in [2.75, 3.05) is 31.4 Å². The summed E-state index contributed by atoms with van der Waals surface area (Å²) in [5, 5.41) is 12.4. The summed E-state index contributed by atoms with van der Waals surface area (Å²) in [5.41, 5.74) is 1.80. The zero-order chi connectivity index (χ0) is 23.2. The van der Waals surface area contributed by atoms with Crippen molar-refractivity contribution in [3.8, 4) is 17.2 Å². The summed E-state index contributed by atoms with van der Waals surface area (Å²) in [6.07, 6.45) is 1.48. The molecule has 2 heterocycles. The third kappa shape index (κ3) is 5.78. The normalized spacial score (nSPS) is 13.0. The van der Waals surface area contributed by atoms with Crippen LogP contribution in [0.4, 0.5) is 5.69 Å². The van der Waals surface area contributed by atoms with E-state index in [2.05, 4.69) is 33.9 Å². The van der Waals surface area contributed by atoms with Crippen LogP contribution in [-0.2, 0) is 11.2 Å². The Kier molecular flexibility index (Phi) is 7.39. The molecule has 0 atom stereocenters. The number of nitrogens with zero attached hydrogens (tertiary/aromatic N) is 3. The molecule has 1 N–H and O–H groups in total. The number of benzene rings is 2. The lowest BCUT2D eigenvalue weighted by Crippen LogP contribution is -2.15. The topological polar surface area (TPSA) is 87.5 Å². The molecule has 1 aromatic heterocycles. The fourth-order valence-electron chi connectivity index (χ4n) is 3.55. The van der Waals surface area contributed by atoms with Crippen molar-refractivity contribution in [3.05, 3.63) is 53.9 Å². The zero-order valence-electron chi connectivity index (χ0n) is 19.0. The Morgan fingerprint density at radius 1 is 1.12 bits per heavy atom. The molecule has 0 saturated heterocycles. The second-order valence-electron chi connectivity index (χ2n) is 7.94. The minimum absolute atomic E-state index is 0.104. The number of nitrogens with one attached hydrogen (secondary N) is 1. The van der Waals surface area contributed by atoms with E-state index >= 15 is 0 Å². The van der Waals surface area contributed by atoms with Gasteiger partial charge in [-0.05, 0) is 55.8 Å². The smallest absolute Gasteiger partial charge is 0.234 e. The number of fused-ring (bicyclic) bond motifs is 1. The molecule has 0 radical (unpaired) electrons. The number of amides is 1. The second kappa shape index (κ2) is 10.6. The second-order valence-corrected chi connectivity index (χ2v) is 8.88. The number of rotatable bonds is 8. The minimum atomic E-state index is -0.104. The predicted molar refractivity (Wildman–Crippen MR) is 128 cm³/mol. The number of methoxy groups -OCH3 is 1.